The summed E-state index contributed by atoms with van der Waals surface area (Å²) in [5.74, 6) is 0.848. The Kier molecular flexibility index (Phi) is 3.51. The molecule has 1 aromatic rings. The molecule has 0 spiro atoms. The zero-order chi connectivity index (χ0) is 13.1. The molecule has 0 aromatic heterocycles. The molecule has 1 unspecified atom stereocenters. The summed E-state index contributed by atoms with van der Waals surface area (Å²) in [7, 11) is 2.00. The Bertz CT molecular complexity index is 505. The van der Waals surface area contributed by atoms with E-state index in [1.54, 1.807) is 6.20 Å². The minimum atomic E-state index is -0.105. The number of aliphatic imine (C=N–C) groups is 1. The van der Waals surface area contributed by atoms with Gasteiger partial charge in [0.2, 0.25) is 0 Å². The van der Waals surface area contributed by atoms with E-state index in [9.17, 15) is 0 Å². The van der Waals surface area contributed by atoms with Crippen LogP contribution in [-0.4, -0.2) is 26.2 Å². The molecule has 2 aliphatic heterocycles. The van der Waals surface area contributed by atoms with Gasteiger partial charge in [0.05, 0.1) is 12.3 Å². The number of ether oxygens (including phenoxy) is 2. The summed E-state index contributed by atoms with van der Waals surface area (Å²) >= 11 is 0. The number of fused-ring (bicyclic) bond motifs is 1. The van der Waals surface area contributed by atoms with E-state index in [0.717, 1.165) is 36.4 Å². The average molecular weight is 258 g/mol. The van der Waals surface area contributed by atoms with E-state index in [1.165, 1.54) is 6.42 Å². The molecule has 4 heteroatoms. The quantitative estimate of drug-likeness (QED) is 0.818. The number of nitrogens with zero attached hydrogens (tertiary/aromatic N) is 2. The lowest BCUT2D eigenvalue weighted by atomic mass is 10.1. The second-order valence-electron chi connectivity index (χ2n) is 4.82. The highest BCUT2D eigenvalue weighted by Gasteiger charge is 2.16. The van der Waals surface area contributed by atoms with Crippen molar-refractivity contribution in [2.24, 2.45) is 4.99 Å². The first-order valence-electron chi connectivity index (χ1n) is 6.68. The fourth-order valence-electron chi connectivity index (χ4n) is 2.31. The van der Waals surface area contributed by atoms with Crippen LogP contribution in [0.1, 0.15) is 24.8 Å². The smallest absolute Gasteiger partial charge is 0.199 e. The minimum Gasteiger partial charge on any atom is -0.465 e. The Morgan fingerprint density at radius 1 is 1.37 bits per heavy atom. The average Bonchev–Trinajstić information content (AvgIpc) is 2.62. The van der Waals surface area contributed by atoms with Crippen molar-refractivity contribution in [2.75, 3.05) is 18.6 Å². The zero-order valence-corrected chi connectivity index (χ0v) is 11.1. The molecule has 3 rings (SSSR count). The van der Waals surface area contributed by atoms with E-state index < -0.39 is 0 Å². The van der Waals surface area contributed by atoms with Crippen LogP contribution in [0.3, 0.4) is 0 Å². The van der Waals surface area contributed by atoms with Gasteiger partial charge in [0, 0.05) is 43.7 Å². The van der Waals surface area contributed by atoms with Crippen LogP contribution in [0.15, 0.2) is 35.6 Å². The Morgan fingerprint density at radius 3 is 3.16 bits per heavy atom. The lowest BCUT2D eigenvalue weighted by molar-refractivity contribution is -0.105. The van der Waals surface area contributed by atoms with Crippen molar-refractivity contribution in [1.82, 2.24) is 0 Å². The molecule has 2 heterocycles. The second kappa shape index (κ2) is 5.45. The van der Waals surface area contributed by atoms with Gasteiger partial charge in [-0.25, -0.2) is 0 Å². The van der Waals surface area contributed by atoms with Crippen molar-refractivity contribution in [2.45, 2.75) is 25.6 Å². The normalized spacial score (nSPS) is 21.9. The van der Waals surface area contributed by atoms with Crippen molar-refractivity contribution in [3.05, 3.63) is 36.2 Å². The van der Waals surface area contributed by atoms with E-state index in [2.05, 4.69) is 4.99 Å². The molecule has 0 N–H and O–H groups in total. The van der Waals surface area contributed by atoms with E-state index in [1.807, 2.05) is 42.6 Å². The first-order valence-corrected chi connectivity index (χ1v) is 6.68. The predicted octanol–water partition coefficient (Wildman–Crippen LogP) is 2.93. The van der Waals surface area contributed by atoms with E-state index in [0.29, 0.717) is 0 Å². The van der Waals surface area contributed by atoms with Crippen molar-refractivity contribution in [1.29, 1.82) is 0 Å². The summed E-state index contributed by atoms with van der Waals surface area (Å²) in [4.78, 5) is 6.23. The first kappa shape index (κ1) is 12.2. The molecule has 4 nitrogen and oxygen atoms in total. The fourth-order valence-corrected chi connectivity index (χ4v) is 2.31. The third-order valence-electron chi connectivity index (χ3n) is 3.38. The van der Waals surface area contributed by atoms with Gasteiger partial charge in [-0.15, -0.1) is 0 Å². The van der Waals surface area contributed by atoms with E-state index in [-0.39, 0.29) is 6.29 Å². The van der Waals surface area contributed by atoms with Crippen LogP contribution in [-0.2, 0) is 4.74 Å². The maximum atomic E-state index is 5.89. The topological polar surface area (TPSA) is 34.1 Å². The van der Waals surface area contributed by atoms with Gasteiger partial charge in [0.15, 0.2) is 6.29 Å². The highest BCUT2D eigenvalue weighted by molar-refractivity contribution is 5.90. The minimum absolute atomic E-state index is 0.105. The van der Waals surface area contributed by atoms with Crippen molar-refractivity contribution < 1.29 is 9.47 Å². The molecule has 100 valence electrons. The maximum Gasteiger partial charge on any atom is 0.199 e. The van der Waals surface area contributed by atoms with E-state index >= 15 is 0 Å². The standard InChI is InChI=1S/C15H18N2O2/c1-17-8-7-16-11-12-5-6-13(10-14(12)17)19-15-4-2-3-9-18-15/h5-8,10-11,15H,2-4,9H2,1H3. The molecular formula is C15H18N2O2. The Balaban J connectivity index is 1.80. The van der Waals surface area contributed by atoms with Crippen LogP contribution < -0.4 is 9.64 Å². The Morgan fingerprint density at radius 2 is 2.32 bits per heavy atom. The van der Waals surface area contributed by atoms with Gasteiger partial charge in [-0.3, -0.25) is 4.99 Å². The van der Waals surface area contributed by atoms with Gasteiger partial charge in [0.1, 0.15) is 5.75 Å². The van der Waals surface area contributed by atoms with Gasteiger partial charge in [-0.05, 0) is 25.0 Å². The summed E-state index contributed by atoms with van der Waals surface area (Å²) in [6.07, 6.45) is 8.74. The second-order valence-corrected chi connectivity index (χ2v) is 4.82. The lowest BCUT2D eigenvalue weighted by Gasteiger charge is -2.24. The maximum absolute atomic E-state index is 5.89. The van der Waals surface area contributed by atoms with Crippen molar-refractivity contribution in [3.8, 4) is 5.75 Å². The number of hydrogen-bond donors (Lipinski definition) is 0. The lowest BCUT2D eigenvalue weighted by Crippen LogP contribution is -2.25. The number of anilines is 1. The van der Waals surface area contributed by atoms with Crippen LogP contribution in [0.4, 0.5) is 5.69 Å². The van der Waals surface area contributed by atoms with Gasteiger partial charge in [-0.1, -0.05) is 0 Å². The fraction of sp³-hybridized carbons (Fsp3) is 0.400. The summed E-state index contributed by atoms with van der Waals surface area (Å²) in [6.45, 7) is 0.797. The summed E-state index contributed by atoms with van der Waals surface area (Å²) < 4.78 is 11.5. The van der Waals surface area contributed by atoms with Crippen LogP contribution in [0.5, 0.6) is 5.75 Å². The zero-order valence-electron chi connectivity index (χ0n) is 11.1. The summed E-state index contributed by atoms with van der Waals surface area (Å²) in [5.41, 5.74) is 2.18. The number of benzene rings is 1. The van der Waals surface area contributed by atoms with Crippen LogP contribution in [0, 0.1) is 0 Å². The molecule has 0 bridgehead atoms. The summed E-state index contributed by atoms with van der Waals surface area (Å²) in [5, 5.41) is 0. The van der Waals surface area contributed by atoms with E-state index in [4.69, 9.17) is 9.47 Å². The summed E-state index contributed by atoms with van der Waals surface area (Å²) in [6, 6.07) is 6.04. The molecule has 1 atom stereocenters. The largest absolute Gasteiger partial charge is 0.465 e. The van der Waals surface area contributed by atoms with Crippen LogP contribution in [0.25, 0.3) is 0 Å². The molecule has 0 amide bonds. The van der Waals surface area contributed by atoms with Crippen molar-refractivity contribution in [3.63, 3.8) is 0 Å². The number of hydrogen-bond acceptors (Lipinski definition) is 4. The van der Waals surface area contributed by atoms with Crippen LogP contribution in [0.2, 0.25) is 0 Å². The number of rotatable bonds is 2. The first-order chi connectivity index (χ1) is 9.33. The van der Waals surface area contributed by atoms with Gasteiger partial charge < -0.3 is 14.4 Å². The Labute approximate surface area is 113 Å². The molecule has 1 saturated heterocycles. The molecule has 1 aromatic carbocycles. The molecule has 19 heavy (non-hydrogen) atoms. The SMILES string of the molecule is CN1C=CN=Cc2ccc(OC3CCCCO3)cc21. The highest BCUT2D eigenvalue weighted by atomic mass is 16.7. The highest BCUT2D eigenvalue weighted by Crippen LogP contribution is 2.28. The molecule has 2 aliphatic rings. The van der Waals surface area contributed by atoms with Gasteiger partial charge in [0.25, 0.3) is 0 Å². The third-order valence-corrected chi connectivity index (χ3v) is 3.38. The predicted molar refractivity (Wildman–Crippen MR) is 75.8 cm³/mol. The van der Waals surface area contributed by atoms with Crippen molar-refractivity contribution >= 4 is 11.9 Å². The van der Waals surface area contributed by atoms with Gasteiger partial charge in [-0.2, -0.15) is 0 Å². The molecular weight excluding hydrogens is 240 g/mol. The molecule has 0 aliphatic carbocycles. The van der Waals surface area contributed by atoms with Gasteiger partial charge >= 0.3 is 0 Å². The Hall–Kier alpha value is -1.81. The monoisotopic (exact) mass is 258 g/mol. The third kappa shape index (κ3) is 2.79. The van der Waals surface area contributed by atoms with Crippen LogP contribution >= 0.6 is 0 Å². The molecule has 0 saturated carbocycles. The molecule has 0 radical (unpaired) electrons. The molecule has 1 fully saturated rings.